The Kier molecular flexibility index (Phi) is 3.51. The lowest BCUT2D eigenvalue weighted by molar-refractivity contribution is 0.573. The van der Waals surface area contributed by atoms with Crippen LogP contribution >= 0.6 is 0 Å². The molecule has 0 aliphatic rings. The third-order valence-corrected chi connectivity index (χ3v) is 2.13. The molecule has 2 heterocycles. The number of rotatable bonds is 0. The summed E-state index contributed by atoms with van der Waals surface area (Å²) in [5.74, 6) is 0. The minimum Gasteiger partial charge on any atom is -0.307 e. The average Bonchev–Trinajstić information content (AvgIpc) is 2.63. The Morgan fingerprint density at radius 3 is 2.33 bits per heavy atom. The summed E-state index contributed by atoms with van der Waals surface area (Å²) in [5.41, 5.74) is 2.29. The van der Waals surface area contributed by atoms with E-state index in [1.165, 1.54) is 0 Å². The minimum absolute atomic E-state index is 0.131. The van der Waals surface area contributed by atoms with Crippen molar-refractivity contribution in [3.8, 4) is 0 Å². The second-order valence-corrected chi connectivity index (χ2v) is 4.34. The summed E-state index contributed by atoms with van der Waals surface area (Å²) in [4.78, 5) is 4.55. The van der Waals surface area contributed by atoms with Crippen LogP contribution in [0.15, 0.2) is 30.6 Å². The van der Waals surface area contributed by atoms with Gasteiger partial charge in [-0.2, -0.15) is 0 Å². The molecule has 0 spiro atoms. The number of pyridine rings is 1. The highest BCUT2D eigenvalue weighted by Crippen LogP contribution is 2.21. The third kappa shape index (κ3) is 2.58. The second kappa shape index (κ2) is 4.47. The molecule has 0 aliphatic heterocycles. The highest BCUT2D eigenvalue weighted by Gasteiger charge is 2.16. The Hall–Kier alpha value is -1.31. The van der Waals surface area contributed by atoms with E-state index < -0.39 is 0 Å². The summed E-state index contributed by atoms with van der Waals surface area (Å²) < 4.78 is 2.06. The lowest BCUT2D eigenvalue weighted by Gasteiger charge is -2.13. The predicted octanol–water partition coefficient (Wildman–Crippen LogP) is 3.66. The van der Waals surface area contributed by atoms with E-state index in [1.807, 2.05) is 38.2 Å². The molecule has 2 aromatic rings. The van der Waals surface area contributed by atoms with Crippen molar-refractivity contribution in [3.05, 3.63) is 36.3 Å². The number of hydrogen-bond donors (Lipinski definition) is 0. The van der Waals surface area contributed by atoms with Crippen LogP contribution in [-0.4, -0.2) is 9.38 Å². The summed E-state index contributed by atoms with van der Waals surface area (Å²) in [5, 5.41) is 0. The summed E-state index contributed by atoms with van der Waals surface area (Å²) in [6, 6.07) is 6.05. The van der Waals surface area contributed by atoms with Gasteiger partial charge in [0.1, 0.15) is 5.65 Å². The molecule has 0 saturated carbocycles. The monoisotopic (exact) mass is 204 g/mol. The molecular weight excluding hydrogens is 184 g/mol. The maximum Gasteiger partial charge on any atom is 0.136 e. The Morgan fingerprint density at radius 1 is 1.13 bits per heavy atom. The average molecular weight is 204 g/mol. The van der Waals surface area contributed by atoms with Gasteiger partial charge in [-0.3, -0.25) is 0 Å². The molecule has 0 radical (unpaired) electrons. The smallest absolute Gasteiger partial charge is 0.136 e. The van der Waals surface area contributed by atoms with Crippen LogP contribution in [0.25, 0.3) is 5.65 Å². The molecule has 0 aliphatic carbocycles. The molecule has 0 atom stereocenters. The molecule has 2 nitrogen and oxygen atoms in total. The fourth-order valence-electron chi connectivity index (χ4n) is 1.30. The quantitative estimate of drug-likeness (QED) is 0.640. The lowest BCUT2D eigenvalue weighted by Crippen LogP contribution is -2.11. The van der Waals surface area contributed by atoms with Crippen molar-refractivity contribution in [1.82, 2.24) is 9.38 Å². The van der Waals surface area contributed by atoms with Gasteiger partial charge in [0.05, 0.1) is 5.69 Å². The number of nitrogens with zero attached hydrogens (tertiary/aromatic N) is 2. The second-order valence-electron chi connectivity index (χ2n) is 4.34. The topological polar surface area (TPSA) is 17.3 Å². The standard InChI is InChI=1S/C11H14N2.C2H6/c1-11(2,3)9-8-13-7-5-4-6-10(13)12-9;1-2/h4-8H,1-3H3;1-2H3. The summed E-state index contributed by atoms with van der Waals surface area (Å²) in [6.07, 6.45) is 4.12. The highest BCUT2D eigenvalue weighted by atomic mass is 15.0. The van der Waals surface area contributed by atoms with Crippen LogP contribution in [0.1, 0.15) is 40.3 Å². The molecular formula is C13H20N2. The molecule has 2 rings (SSSR count). The van der Waals surface area contributed by atoms with Crippen LogP contribution < -0.4 is 0 Å². The van der Waals surface area contributed by atoms with Crippen molar-refractivity contribution >= 4 is 5.65 Å². The Bertz CT molecular complexity index is 388. The van der Waals surface area contributed by atoms with Crippen molar-refractivity contribution in [3.63, 3.8) is 0 Å². The van der Waals surface area contributed by atoms with Gasteiger partial charge >= 0.3 is 0 Å². The molecule has 0 saturated heterocycles. The summed E-state index contributed by atoms with van der Waals surface area (Å²) >= 11 is 0. The number of aromatic nitrogens is 2. The zero-order valence-electron chi connectivity index (χ0n) is 10.3. The van der Waals surface area contributed by atoms with Crippen LogP contribution in [-0.2, 0) is 5.41 Å². The van der Waals surface area contributed by atoms with E-state index in [1.54, 1.807) is 0 Å². The molecule has 0 amide bonds. The van der Waals surface area contributed by atoms with E-state index >= 15 is 0 Å². The number of hydrogen-bond acceptors (Lipinski definition) is 1. The Balaban J connectivity index is 0.000000531. The van der Waals surface area contributed by atoms with Crippen molar-refractivity contribution in [2.24, 2.45) is 0 Å². The van der Waals surface area contributed by atoms with Gasteiger partial charge in [0, 0.05) is 17.8 Å². The first-order chi connectivity index (χ1) is 7.07. The normalized spacial score (nSPS) is 11.0. The number of imidazole rings is 1. The minimum atomic E-state index is 0.131. The van der Waals surface area contributed by atoms with Gasteiger partial charge in [-0.25, -0.2) is 4.98 Å². The molecule has 0 fully saturated rings. The van der Waals surface area contributed by atoms with Gasteiger partial charge in [0.25, 0.3) is 0 Å². The Labute approximate surface area is 92.0 Å². The zero-order valence-corrected chi connectivity index (χ0v) is 10.3. The lowest BCUT2D eigenvalue weighted by atomic mass is 9.93. The maximum atomic E-state index is 4.55. The number of fused-ring (bicyclic) bond motifs is 1. The molecule has 0 unspecified atom stereocenters. The van der Waals surface area contributed by atoms with Crippen molar-refractivity contribution in [2.75, 3.05) is 0 Å². The van der Waals surface area contributed by atoms with E-state index in [-0.39, 0.29) is 5.41 Å². The van der Waals surface area contributed by atoms with Gasteiger partial charge < -0.3 is 4.40 Å². The van der Waals surface area contributed by atoms with E-state index in [0.29, 0.717) is 0 Å². The Morgan fingerprint density at radius 2 is 1.80 bits per heavy atom. The highest BCUT2D eigenvalue weighted by molar-refractivity contribution is 5.40. The van der Waals surface area contributed by atoms with Gasteiger partial charge in [0.15, 0.2) is 0 Å². The van der Waals surface area contributed by atoms with E-state index in [9.17, 15) is 0 Å². The molecule has 0 aromatic carbocycles. The van der Waals surface area contributed by atoms with E-state index in [4.69, 9.17) is 0 Å². The van der Waals surface area contributed by atoms with E-state index in [0.717, 1.165) is 11.3 Å². The first-order valence-corrected chi connectivity index (χ1v) is 5.51. The van der Waals surface area contributed by atoms with Crippen molar-refractivity contribution < 1.29 is 0 Å². The van der Waals surface area contributed by atoms with Crippen LogP contribution in [0.5, 0.6) is 0 Å². The summed E-state index contributed by atoms with van der Waals surface area (Å²) in [7, 11) is 0. The van der Waals surface area contributed by atoms with Crippen molar-refractivity contribution in [1.29, 1.82) is 0 Å². The van der Waals surface area contributed by atoms with E-state index in [2.05, 4.69) is 36.4 Å². The van der Waals surface area contributed by atoms with Gasteiger partial charge in [0.2, 0.25) is 0 Å². The largest absolute Gasteiger partial charge is 0.307 e. The van der Waals surface area contributed by atoms with Crippen LogP contribution in [0.2, 0.25) is 0 Å². The van der Waals surface area contributed by atoms with Crippen LogP contribution in [0.4, 0.5) is 0 Å². The fourth-order valence-corrected chi connectivity index (χ4v) is 1.30. The first-order valence-electron chi connectivity index (χ1n) is 5.51. The van der Waals surface area contributed by atoms with Crippen LogP contribution in [0, 0.1) is 0 Å². The molecule has 0 N–H and O–H groups in total. The zero-order chi connectivity index (χ0) is 11.5. The third-order valence-electron chi connectivity index (χ3n) is 2.13. The maximum absolute atomic E-state index is 4.55. The first kappa shape index (κ1) is 11.8. The van der Waals surface area contributed by atoms with Crippen molar-refractivity contribution in [2.45, 2.75) is 40.0 Å². The molecule has 82 valence electrons. The SMILES string of the molecule is CC.CC(C)(C)c1cn2ccccc2n1. The fraction of sp³-hybridized carbons (Fsp3) is 0.462. The van der Waals surface area contributed by atoms with Gasteiger partial charge in [-0.05, 0) is 12.1 Å². The molecule has 2 heteroatoms. The van der Waals surface area contributed by atoms with Gasteiger partial charge in [-0.15, -0.1) is 0 Å². The van der Waals surface area contributed by atoms with Crippen LogP contribution in [0.3, 0.4) is 0 Å². The molecule has 2 aromatic heterocycles. The summed E-state index contributed by atoms with van der Waals surface area (Å²) in [6.45, 7) is 10.5. The molecule has 0 bridgehead atoms. The molecule has 15 heavy (non-hydrogen) atoms. The predicted molar refractivity (Wildman–Crippen MR) is 65.2 cm³/mol. The van der Waals surface area contributed by atoms with Gasteiger partial charge in [-0.1, -0.05) is 40.7 Å².